The third kappa shape index (κ3) is 3.06. The highest BCUT2D eigenvalue weighted by molar-refractivity contribution is 5.89. The second-order valence-electron chi connectivity index (χ2n) is 9.03. The minimum Gasteiger partial charge on any atom is -0.469 e. The lowest BCUT2D eigenvalue weighted by molar-refractivity contribution is -0.160. The molecule has 2 aromatic rings. The molecule has 1 aromatic heterocycles. The van der Waals surface area contributed by atoms with Gasteiger partial charge in [0.15, 0.2) is 0 Å². The van der Waals surface area contributed by atoms with Crippen LogP contribution in [0.1, 0.15) is 55.3 Å². The largest absolute Gasteiger partial charge is 0.469 e. The van der Waals surface area contributed by atoms with Crippen LogP contribution in [-0.4, -0.2) is 29.0 Å². The second-order valence-corrected chi connectivity index (χ2v) is 9.03. The molecular weight excluding hydrogens is 378 g/mol. The van der Waals surface area contributed by atoms with Gasteiger partial charge in [-0.1, -0.05) is 18.2 Å². The fourth-order valence-corrected chi connectivity index (χ4v) is 5.59. The Labute approximate surface area is 176 Å². The number of aromatic nitrogens is 1. The molecule has 0 spiro atoms. The van der Waals surface area contributed by atoms with E-state index in [4.69, 9.17) is 4.74 Å². The van der Waals surface area contributed by atoms with E-state index in [-0.39, 0.29) is 22.8 Å². The van der Waals surface area contributed by atoms with Gasteiger partial charge in [-0.25, -0.2) is 4.79 Å². The van der Waals surface area contributed by atoms with Crippen LogP contribution in [0.4, 0.5) is 10.5 Å². The van der Waals surface area contributed by atoms with Gasteiger partial charge in [0.1, 0.15) is 0 Å². The fraction of sp³-hybridized carbons (Fsp3) is 0.458. The van der Waals surface area contributed by atoms with Gasteiger partial charge in [0.05, 0.1) is 24.8 Å². The van der Waals surface area contributed by atoms with E-state index < -0.39 is 0 Å². The van der Waals surface area contributed by atoms with E-state index in [1.54, 1.807) is 11.1 Å². The average Bonchev–Trinajstić information content (AvgIpc) is 3.25. The molecule has 0 unspecified atom stereocenters. The summed E-state index contributed by atoms with van der Waals surface area (Å²) in [6.45, 7) is 1.14. The molecule has 3 saturated carbocycles. The van der Waals surface area contributed by atoms with Crippen molar-refractivity contribution >= 4 is 17.7 Å². The van der Waals surface area contributed by atoms with Gasteiger partial charge in [-0.3, -0.25) is 9.78 Å². The molecule has 6 nitrogen and oxygen atoms in total. The molecule has 2 amide bonds. The molecule has 0 radical (unpaired) electrons. The van der Waals surface area contributed by atoms with Gasteiger partial charge < -0.3 is 15.0 Å². The highest BCUT2D eigenvalue weighted by atomic mass is 16.5. The van der Waals surface area contributed by atoms with Crippen molar-refractivity contribution in [3.8, 4) is 0 Å². The molecule has 6 heteroatoms. The lowest BCUT2D eigenvalue weighted by atomic mass is 9.52. The van der Waals surface area contributed by atoms with Crippen molar-refractivity contribution in [2.45, 2.75) is 57.0 Å². The molecule has 156 valence electrons. The Kier molecular flexibility index (Phi) is 4.53. The Bertz CT molecular complexity index is 936. The summed E-state index contributed by atoms with van der Waals surface area (Å²) in [6, 6.07) is 12.1. The number of rotatable bonds is 3. The first kappa shape index (κ1) is 19.1. The van der Waals surface area contributed by atoms with Gasteiger partial charge in [-0.15, -0.1) is 0 Å². The number of esters is 1. The number of nitrogens with zero attached hydrogens (tertiary/aromatic N) is 2. The number of carbonyl (C=O) groups excluding carboxylic acids is 2. The lowest BCUT2D eigenvalue weighted by Gasteiger charge is -2.52. The van der Waals surface area contributed by atoms with Crippen LogP contribution >= 0.6 is 0 Å². The Morgan fingerprint density at radius 3 is 2.33 bits per heavy atom. The predicted molar refractivity (Wildman–Crippen MR) is 113 cm³/mol. The van der Waals surface area contributed by atoms with Gasteiger partial charge in [0.25, 0.3) is 0 Å². The van der Waals surface area contributed by atoms with Gasteiger partial charge >= 0.3 is 12.0 Å². The zero-order chi connectivity index (χ0) is 20.8. The third-order valence-electron chi connectivity index (χ3n) is 7.59. The maximum Gasteiger partial charge on any atom is 0.322 e. The summed E-state index contributed by atoms with van der Waals surface area (Å²) in [5, 5.41) is 3.02. The number of hydrogen-bond donors (Lipinski definition) is 1. The van der Waals surface area contributed by atoms with Crippen molar-refractivity contribution in [3.63, 3.8) is 0 Å². The second kappa shape index (κ2) is 7.11. The average molecular weight is 405 g/mol. The van der Waals surface area contributed by atoms with E-state index in [1.165, 1.54) is 12.7 Å². The lowest BCUT2D eigenvalue weighted by Crippen LogP contribution is -2.48. The molecule has 2 heterocycles. The molecule has 1 N–H and O–H groups in total. The van der Waals surface area contributed by atoms with E-state index in [0.29, 0.717) is 13.1 Å². The summed E-state index contributed by atoms with van der Waals surface area (Å²) in [4.78, 5) is 31.0. The molecule has 3 aliphatic carbocycles. The zero-order valence-corrected chi connectivity index (χ0v) is 17.3. The van der Waals surface area contributed by atoms with Crippen LogP contribution in [-0.2, 0) is 28.0 Å². The van der Waals surface area contributed by atoms with Crippen LogP contribution in [0.25, 0.3) is 0 Å². The number of anilines is 1. The maximum absolute atomic E-state index is 12.7. The van der Waals surface area contributed by atoms with E-state index in [9.17, 15) is 9.59 Å². The van der Waals surface area contributed by atoms with Crippen molar-refractivity contribution in [1.29, 1.82) is 0 Å². The van der Waals surface area contributed by atoms with Gasteiger partial charge in [0.2, 0.25) is 0 Å². The molecule has 0 atom stereocenters. The smallest absolute Gasteiger partial charge is 0.322 e. The number of benzene rings is 1. The highest BCUT2D eigenvalue weighted by Crippen LogP contribution is 2.58. The van der Waals surface area contributed by atoms with Crippen molar-refractivity contribution in [1.82, 2.24) is 9.88 Å². The molecule has 3 fully saturated rings. The molecule has 30 heavy (non-hydrogen) atoms. The van der Waals surface area contributed by atoms with Gasteiger partial charge in [-0.2, -0.15) is 0 Å². The van der Waals surface area contributed by atoms with Crippen LogP contribution in [0.2, 0.25) is 0 Å². The Balaban J connectivity index is 1.24. The molecule has 2 bridgehead atoms. The number of ether oxygens (including phenoxy) is 1. The number of hydrogen-bond acceptors (Lipinski definition) is 4. The van der Waals surface area contributed by atoms with E-state index in [1.807, 2.05) is 24.3 Å². The maximum atomic E-state index is 12.7. The van der Waals surface area contributed by atoms with Gasteiger partial charge in [-0.05, 0) is 73.3 Å². The topological polar surface area (TPSA) is 71.5 Å². The summed E-state index contributed by atoms with van der Waals surface area (Å²) in [6.07, 6.45) is 7.54. The van der Waals surface area contributed by atoms with Crippen LogP contribution < -0.4 is 5.32 Å². The highest BCUT2D eigenvalue weighted by Gasteiger charge is 2.53. The summed E-state index contributed by atoms with van der Waals surface area (Å²) < 4.78 is 5.08. The molecule has 0 saturated heterocycles. The number of nitrogens with one attached hydrogen (secondary N) is 1. The summed E-state index contributed by atoms with van der Waals surface area (Å²) in [7, 11) is 1.50. The summed E-state index contributed by atoms with van der Waals surface area (Å²) >= 11 is 0. The Morgan fingerprint density at radius 2 is 1.70 bits per heavy atom. The van der Waals surface area contributed by atoms with E-state index in [0.717, 1.165) is 55.5 Å². The number of amides is 2. The van der Waals surface area contributed by atoms with Crippen LogP contribution in [0.3, 0.4) is 0 Å². The monoisotopic (exact) mass is 405 g/mol. The molecule has 6 rings (SSSR count). The number of pyridine rings is 1. The first-order valence-corrected chi connectivity index (χ1v) is 10.7. The summed E-state index contributed by atoms with van der Waals surface area (Å²) in [5.74, 6) is -0.0341. The van der Waals surface area contributed by atoms with Crippen molar-refractivity contribution < 1.29 is 14.3 Å². The third-order valence-corrected chi connectivity index (χ3v) is 7.59. The number of urea groups is 1. The van der Waals surface area contributed by atoms with Gasteiger partial charge in [0, 0.05) is 18.4 Å². The van der Waals surface area contributed by atoms with E-state index in [2.05, 4.69) is 22.4 Å². The standard InChI is InChI=1S/C24H27N3O3/c1-30-21(28)24-11-8-23(9-12-24,10-13-24)18-4-6-19(7-5-18)26-22(29)27-15-17-3-2-14-25-20(17)16-27/h2-7,14H,8-13,15-16H2,1H3,(H,26,29). The van der Waals surface area contributed by atoms with Crippen LogP contribution in [0.5, 0.6) is 0 Å². The first-order valence-electron chi connectivity index (χ1n) is 10.7. The number of fused-ring (bicyclic) bond motifs is 4. The minimum atomic E-state index is -0.257. The predicted octanol–water partition coefficient (Wildman–Crippen LogP) is 4.39. The Hall–Kier alpha value is -2.89. The summed E-state index contributed by atoms with van der Waals surface area (Å²) in [5.41, 5.74) is 4.10. The number of carbonyl (C=O) groups is 2. The number of methoxy groups -OCH3 is 1. The Morgan fingerprint density at radius 1 is 1.00 bits per heavy atom. The SMILES string of the molecule is COC(=O)C12CCC(c3ccc(NC(=O)N4Cc5cccnc5C4)cc3)(CC1)CC2. The zero-order valence-electron chi connectivity index (χ0n) is 17.3. The first-order chi connectivity index (χ1) is 14.5. The van der Waals surface area contributed by atoms with Crippen molar-refractivity contribution in [2.24, 2.45) is 5.41 Å². The van der Waals surface area contributed by atoms with Crippen molar-refractivity contribution in [3.05, 3.63) is 59.4 Å². The van der Waals surface area contributed by atoms with Crippen LogP contribution in [0.15, 0.2) is 42.6 Å². The molecule has 1 aromatic carbocycles. The normalized spacial score (nSPS) is 26.9. The quantitative estimate of drug-likeness (QED) is 0.769. The van der Waals surface area contributed by atoms with Crippen molar-refractivity contribution in [2.75, 3.05) is 12.4 Å². The fourth-order valence-electron chi connectivity index (χ4n) is 5.59. The molecule has 1 aliphatic heterocycles. The minimum absolute atomic E-state index is 0.0341. The van der Waals surface area contributed by atoms with E-state index >= 15 is 0 Å². The molecular formula is C24H27N3O3. The molecule has 4 aliphatic rings. The van der Waals surface area contributed by atoms with Crippen LogP contribution in [0, 0.1) is 5.41 Å².